The summed E-state index contributed by atoms with van der Waals surface area (Å²) in [4.78, 5) is 39.6. The first-order valence-corrected chi connectivity index (χ1v) is 8.22. The monoisotopic (exact) mass is 327 g/mol. The van der Waals surface area contributed by atoms with Crippen molar-refractivity contribution < 1.29 is 14.4 Å². The molecule has 1 aromatic carbocycles. The minimum Gasteiger partial charge on any atom is -0.339 e. The molecule has 0 atom stereocenters. The van der Waals surface area contributed by atoms with Crippen LogP contribution in [0.1, 0.15) is 25.3 Å². The molecule has 6 heteroatoms. The number of piperidine rings is 1. The molecule has 2 aliphatic heterocycles. The minimum atomic E-state index is -0.826. The Bertz CT molecular complexity index is 676. The van der Waals surface area contributed by atoms with Crippen molar-refractivity contribution in [1.29, 1.82) is 0 Å². The molecule has 2 saturated heterocycles. The number of nitrogens with zero attached hydrogens (tertiary/aromatic N) is 2. The Morgan fingerprint density at radius 1 is 1.21 bits per heavy atom. The summed E-state index contributed by atoms with van der Waals surface area (Å²) in [6, 6.07) is 9.30. The molecule has 4 amide bonds. The molecular formula is C18H21N3O3. The van der Waals surface area contributed by atoms with Gasteiger partial charge in [0.2, 0.25) is 5.91 Å². The maximum Gasteiger partial charge on any atom is 0.325 e. The third-order valence-corrected chi connectivity index (χ3v) is 4.71. The van der Waals surface area contributed by atoms with Crippen molar-refractivity contribution in [3.05, 3.63) is 42.0 Å². The van der Waals surface area contributed by atoms with Crippen molar-refractivity contribution >= 4 is 23.9 Å². The number of urea groups is 1. The third kappa shape index (κ3) is 2.91. The highest BCUT2D eigenvalue weighted by Crippen LogP contribution is 2.29. The van der Waals surface area contributed by atoms with Crippen molar-refractivity contribution in [2.75, 3.05) is 19.6 Å². The van der Waals surface area contributed by atoms with Crippen molar-refractivity contribution in [3.8, 4) is 0 Å². The Kier molecular flexibility index (Phi) is 4.38. The fraction of sp³-hybridized carbons (Fsp3) is 0.389. The number of imide groups is 1. The lowest BCUT2D eigenvalue weighted by atomic mass is 9.87. The average Bonchev–Trinajstić information content (AvgIpc) is 2.84. The maximum atomic E-state index is 12.4. The Hall–Kier alpha value is -2.63. The summed E-state index contributed by atoms with van der Waals surface area (Å²) in [6.07, 6.45) is 4.26. The van der Waals surface area contributed by atoms with Gasteiger partial charge in [-0.2, -0.15) is 0 Å². The van der Waals surface area contributed by atoms with Crippen molar-refractivity contribution in [1.82, 2.24) is 15.1 Å². The SMILES string of the molecule is CCN1C(=O)NC2(CCN(C(=O)/C=C/c3ccccc3)CC2)C1=O. The molecule has 1 N–H and O–H groups in total. The van der Waals surface area contributed by atoms with E-state index in [1.165, 1.54) is 4.90 Å². The van der Waals surface area contributed by atoms with Crippen LogP contribution in [-0.4, -0.2) is 52.8 Å². The standard InChI is InChI=1S/C18H21N3O3/c1-2-21-16(23)18(19-17(21)24)10-12-20(13-11-18)15(22)9-8-14-6-4-3-5-7-14/h3-9H,2,10-13H2,1H3,(H,19,24)/b9-8+. The number of carbonyl (C=O) groups is 3. The van der Waals surface area contributed by atoms with Gasteiger partial charge in [0.1, 0.15) is 5.54 Å². The van der Waals surface area contributed by atoms with Gasteiger partial charge in [-0.3, -0.25) is 14.5 Å². The highest BCUT2D eigenvalue weighted by molar-refractivity contribution is 6.07. The predicted octanol–water partition coefficient (Wildman–Crippen LogP) is 1.63. The van der Waals surface area contributed by atoms with Crippen LogP contribution in [0.25, 0.3) is 6.08 Å². The lowest BCUT2D eigenvalue weighted by Crippen LogP contribution is -2.55. The fourth-order valence-corrected chi connectivity index (χ4v) is 3.25. The van der Waals surface area contributed by atoms with E-state index in [-0.39, 0.29) is 17.8 Å². The van der Waals surface area contributed by atoms with Gasteiger partial charge in [0.05, 0.1) is 0 Å². The van der Waals surface area contributed by atoms with Crippen molar-refractivity contribution in [3.63, 3.8) is 0 Å². The van der Waals surface area contributed by atoms with Crippen LogP contribution < -0.4 is 5.32 Å². The Morgan fingerprint density at radius 2 is 1.88 bits per heavy atom. The number of amides is 4. The number of rotatable bonds is 3. The van der Waals surface area contributed by atoms with Gasteiger partial charge in [0, 0.05) is 25.7 Å². The van der Waals surface area contributed by atoms with Gasteiger partial charge < -0.3 is 10.2 Å². The zero-order valence-corrected chi connectivity index (χ0v) is 13.7. The van der Waals surface area contributed by atoms with Gasteiger partial charge in [-0.25, -0.2) is 4.79 Å². The van der Waals surface area contributed by atoms with Crippen LogP contribution >= 0.6 is 0 Å². The van der Waals surface area contributed by atoms with E-state index in [0.717, 1.165) is 5.56 Å². The average molecular weight is 327 g/mol. The van der Waals surface area contributed by atoms with Crippen molar-refractivity contribution in [2.45, 2.75) is 25.3 Å². The smallest absolute Gasteiger partial charge is 0.325 e. The highest BCUT2D eigenvalue weighted by atomic mass is 16.2. The van der Waals surface area contributed by atoms with E-state index in [2.05, 4.69) is 5.32 Å². The lowest BCUT2D eigenvalue weighted by molar-refractivity contribution is -0.136. The van der Waals surface area contributed by atoms with E-state index >= 15 is 0 Å². The normalized spacial score (nSPS) is 20.0. The summed E-state index contributed by atoms with van der Waals surface area (Å²) >= 11 is 0. The quantitative estimate of drug-likeness (QED) is 0.678. The molecule has 0 aliphatic carbocycles. The summed E-state index contributed by atoms with van der Waals surface area (Å²) in [6.45, 7) is 3.07. The molecule has 6 nitrogen and oxygen atoms in total. The number of likely N-dealkylation sites (N-methyl/N-ethyl adjacent to an activating group) is 1. The van der Waals surface area contributed by atoms with E-state index in [9.17, 15) is 14.4 Å². The molecule has 126 valence electrons. The Morgan fingerprint density at radius 3 is 2.46 bits per heavy atom. The number of nitrogens with one attached hydrogen (secondary N) is 1. The topological polar surface area (TPSA) is 69.7 Å². The molecule has 0 radical (unpaired) electrons. The summed E-state index contributed by atoms with van der Waals surface area (Å²) in [5, 5.41) is 2.82. The van der Waals surface area contributed by atoms with Crippen LogP contribution in [0, 0.1) is 0 Å². The van der Waals surface area contributed by atoms with Crippen LogP contribution in [0.5, 0.6) is 0 Å². The van der Waals surface area contributed by atoms with Crippen LogP contribution in [0.15, 0.2) is 36.4 Å². The second-order valence-electron chi connectivity index (χ2n) is 6.13. The van der Waals surface area contributed by atoms with Crippen molar-refractivity contribution in [2.24, 2.45) is 0 Å². The molecule has 0 bridgehead atoms. The van der Waals surface area contributed by atoms with Gasteiger partial charge in [-0.15, -0.1) is 0 Å². The Labute approximate surface area is 141 Å². The summed E-state index contributed by atoms with van der Waals surface area (Å²) in [7, 11) is 0. The zero-order chi connectivity index (χ0) is 17.2. The molecule has 24 heavy (non-hydrogen) atoms. The molecule has 1 spiro atoms. The van der Waals surface area contributed by atoms with Crippen LogP contribution in [0.2, 0.25) is 0 Å². The lowest BCUT2D eigenvalue weighted by Gasteiger charge is -2.36. The number of likely N-dealkylation sites (tertiary alicyclic amines) is 1. The molecule has 2 fully saturated rings. The second kappa shape index (κ2) is 6.47. The van der Waals surface area contributed by atoms with Crippen LogP contribution in [-0.2, 0) is 9.59 Å². The number of carbonyl (C=O) groups excluding carboxylic acids is 3. The maximum absolute atomic E-state index is 12.4. The number of benzene rings is 1. The molecule has 3 rings (SSSR count). The highest BCUT2D eigenvalue weighted by Gasteiger charge is 2.52. The first kappa shape index (κ1) is 16.2. The van der Waals surface area contributed by atoms with E-state index in [4.69, 9.17) is 0 Å². The third-order valence-electron chi connectivity index (χ3n) is 4.71. The van der Waals surface area contributed by atoms with E-state index in [0.29, 0.717) is 32.5 Å². The predicted molar refractivity (Wildman–Crippen MR) is 89.9 cm³/mol. The van der Waals surface area contributed by atoms with E-state index in [1.807, 2.05) is 30.3 Å². The molecular weight excluding hydrogens is 306 g/mol. The molecule has 0 unspecified atom stereocenters. The van der Waals surface area contributed by atoms with Crippen LogP contribution in [0.4, 0.5) is 4.79 Å². The van der Waals surface area contributed by atoms with Crippen LogP contribution in [0.3, 0.4) is 0 Å². The van der Waals surface area contributed by atoms with Gasteiger partial charge >= 0.3 is 6.03 Å². The summed E-state index contributed by atoms with van der Waals surface area (Å²) in [5.74, 6) is -0.236. The first-order chi connectivity index (χ1) is 11.6. The second-order valence-corrected chi connectivity index (χ2v) is 6.13. The largest absolute Gasteiger partial charge is 0.339 e. The van der Waals surface area contributed by atoms with E-state index in [1.54, 1.807) is 24.0 Å². The summed E-state index contributed by atoms with van der Waals surface area (Å²) in [5.41, 5.74) is 0.142. The minimum absolute atomic E-state index is 0.0715. The molecule has 1 aromatic rings. The van der Waals surface area contributed by atoms with Gasteiger partial charge in [0.15, 0.2) is 0 Å². The molecule has 2 heterocycles. The fourth-order valence-electron chi connectivity index (χ4n) is 3.25. The van der Waals surface area contributed by atoms with E-state index < -0.39 is 5.54 Å². The molecule has 0 aromatic heterocycles. The molecule has 2 aliphatic rings. The zero-order valence-electron chi connectivity index (χ0n) is 13.7. The number of hydrogen-bond donors (Lipinski definition) is 1. The van der Waals surface area contributed by atoms with Gasteiger partial charge in [0.25, 0.3) is 5.91 Å². The first-order valence-electron chi connectivity index (χ1n) is 8.22. The Balaban J connectivity index is 1.61. The number of hydrogen-bond acceptors (Lipinski definition) is 3. The summed E-state index contributed by atoms with van der Waals surface area (Å²) < 4.78 is 0. The van der Waals surface area contributed by atoms with Gasteiger partial charge in [-0.1, -0.05) is 30.3 Å². The van der Waals surface area contributed by atoms with Gasteiger partial charge in [-0.05, 0) is 31.4 Å². The molecule has 0 saturated carbocycles.